The third-order valence-electron chi connectivity index (χ3n) is 3.85. The molecule has 0 aromatic heterocycles. The molecule has 7 heteroatoms. The van der Waals surface area contributed by atoms with Gasteiger partial charge in [0.15, 0.2) is 0 Å². The van der Waals surface area contributed by atoms with Gasteiger partial charge in [0.1, 0.15) is 0 Å². The average Bonchev–Trinajstić information content (AvgIpc) is 2.68. The first-order valence-electron chi connectivity index (χ1n) is 8.22. The number of hydrogen-bond acceptors (Lipinski definition) is 4. The number of carboxylic acids is 1. The van der Waals surface area contributed by atoms with Crippen molar-refractivity contribution in [3.63, 3.8) is 0 Å². The standard InChI is InChI=1S/C21H15ClN2O4/c22-16-5-1-3-14(11-16)19(25)24-18-6-2-4-15(12-18)20(26)23-17-9-7-13(8-10-17)21(27)28/h1-12H,(H,23,26)(H,24,25)(H,27,28)/p-1. The molecule has 2 N–H and O–H groups in total. The Balaban J connectivity index is 1.70. The van der Waals surface area contributed by atoms with E-state index >= 15 is 0 Å². The number of halogens is 1. The van der Waals surface area contributed by atoms with Crippen LogP contribution < -0.4 is 15.7 Å². The first kappa shape index (κ1) is 19.1. The van der Waals surface area contributed by atoms with Gasteiger partial charge in [-0.2, -0.15) is 0 Å². The molecule has 28 heavy (non-hydrogen) atoms. The molecule has 3 aromatic rings. The Bertz CT molecular complexity index is 1050. The monoisotopic (exact) mass is 393 g/mol. The third-order valence-corrected chi connectivity index (χ3v) is 4.08. The van der Waals surface area contributed by atoms with Crippen molar-refractivity contribution in [1.29, 1.82) is 0 Å². The van der Waals surface area contributed by atoms with E-state index in [0.29, 0.717) is 27.5 Å². The molecule has 0 fully saturated rings. The van der Waals surface area contributed by atoms with Crippen LogP contribution >= 0.6 is 11.6 Å². The minimum Gasteiger partial charge on any atom is -0.545 e. The molecule has 2 amide bonds. The zero-order valence-electron chi connectivity index (χ0n) is 14.4. The van der Waals surface area contributed by atoms with E-state index in [2.05, 4.69) is 10.6 Å². The predicted octanol–water partition coefficient (Wildman–Crippen LogP) is 3.21. The lowest BCUT2D eigenvalue weighted by atomic mass is 10.1. The number of carboxylic acid groups (broad SMARTS) is 1. The molecule has 0 aliphatic carbocycles. The Kier molecular flexibility index (Phi) is 5.72. The van der Waals surface area contributed by atoms with Gasteiger partial charge in [-0.3, -0.25) is 9.59 Å². The van der Waals surface area contributed by atoms with Crippen LogP contribution in [0.4, 0.5) is 11.4 Å². The Labute approximate surface area is 165 Å². The molecule has 3 aromatic carbocycles. The summed E-state index contributed by atoms with van der Waals surface area (Å²) < 4.78 is 0. The van der Waals surface area contributed by atoms with Crippen LogP contribution in [0.25, 0.3) is 0 Å². The molecule has 0 radical (unpaired) electrons. The summed E-state index contributed by atoms with van der Waals surface area (Å²) in [5.41, 5.74) is 1.63. The van der Waals surface area contributed by atoms with Crippen molar-refractivity contribution in [2.24, 2.45) is 0 Å². The predicted molar refractivity (Wildman–Crippen MR) is 105 cm³/mol. The average molecular weight is 394 g/mol. The number of anilines is 2. The van der Waals surface area contributed by atoms with Crippen LogP contribution in [0.3, 0.4) is 0 Å². The summed E-state index contributed by atoms with van der Waals surface area (Å²) >= 11 is 5.89. The van der Waals surface area contributed by atoms with Crippen LogP contribution in [0, 0.1) is 0 Å². The second-order valence-electron chi connectivity index (χ2n) is 5.86. The number of carbonyl (C=O) groups excluding carboxylic acids is 3. The Morgan fingerprint density at radius 3 is 1.86 bits per heavy atom. The van der Waals surface area contributed by atoms with Gasteiger partial charge in [0.05, 0.1) is 5.97 Å². The SMILES string of the molecule is O=C([O-])c1ccc(NC(=O)c2cccc(NC(=O)c3cccc(Cl)c3)c2)cc1. The Hall–Kier alpha value is -3.64. The zero-order chi connectivity index (χ0) is 20.1. The van der Waals surface area contributed by atoms with Crippen molar-refractivity contribution in [2.45, 2.75) is 0 Å². The van der Waals surface area contributed by atoms with Crippen molar-refractivity contribution in [1.82, 2.24) is 0 Å². The van der Waals surface area contributed by atoms with E-state index < -0.39 is 11.9 Å². The molecule has 0 aliphatic heterocycles. The lowest BCUT2D eigenvalue weighted by molar-refractivity contribution is -0.255. The quantitative estimate of drug-likeness (QED) is 0.695. The fourth-order valence-electron chi connectivity index (χ4n) is 2.46. The largest absolute Gasteiger partial charge is 0.545 e. The molecule has 0 bridgehead atoms. The van der Waals surface area contributed by atoms with Crippen molar-refractivity contribution in [2.75, 3.05) is 10.6 Å². The van der Waals surface area contributed by atoms with Gasteiger partial charge >= 0.3 is 0 Å². The van der Waals surface area contributed by atoms with E-state index in [1.807, 2.05) is 0 Å². The zero-order valence-corrected chi connectivity index (χ0v) is 15.2. The maximum atomic E-state index is 12.4. The van der Waals surface area contributed by atoms with E-state index in [9.17, 15) is 19.5 Å². The van der Waals surface area contributed by atoms with Crippen molar-refractivity contribution >= 4 is 40.8 Å². The van der Waals surface area contributed by atoms with Crippen molar-refractivity contribution in [3.05, 3.63) is 94.5 Å². The molecule has 0 saturated carbocycles. The number of rotatable bonds is 5. The number of benzene rings is 3. The number of aromatic carboxylic acids is 1. The molecule has 3 rings (SSSR count). The third kappa shape index (κ3) is 4.75. The Morgan fingerprint density at radius 1 is 0.679 bits per heavy atom. The van der Waals surface area contributed by atoms with Crippen molar-refractivity contribution in [3.8, 4) is 0 Å². The van der Waals surface area contributed by atoms with Gasteiger partial charge in [-0.1, -0.05) is 35.9 Å². The number of amides is 2. The van der Waals surface area contributed by atoms with Gasteiger partial charge in [-0.15, -0.1) is 0 Å². The van der Waals surface area contributed by atoms with Crippen LogP contribution in [-0.2, 0) is 0 Å². The first-order chi connectivity index (χ1) is 13.4. The van der Waals surface area contributed by atoms with Gasteiger partial charge in [0, 0.05) is 27.5 Å². The van der Waals surface area contributed by atoms with E-state index in [1.165, 1.54) is 30.3 Å². The summed E-state index contributed by atoms with van der Waals surface area (Å²) in [5, 5.41) is 16.6. The van der Waals surface area contributed by atoms with Gasteiger partial charge in [0.25, 0.3) is 11.8 Å². The highest BCUT2D eigenvalue weighted by atomic mass is 35.5. The van der Waals surface area contributed by atoms with Crippen LogP contribution in [0.2, 0.25) is 5.02 Å². The van der Waals surface area contributed by atoms with Gasteiger partial charge < -0.3 is 20.5 Å². The normalized spacial score (nSPS) is 10.2. The summed E-state index contributed by atoms with van der Waals surface area (Å²) in [5.74, 6) is -2.04. The fraction of sp³-hybridized carbons (Fsp3) is 0. The maximum Gasteiger partial charge on any atom is 0.255 e. The van der Waals surface area contributed by atoms with E-state index in [1.54, 1.807) is 42.5 Å². The molecule has 0 unspecified atom stereocenters. The fourth-order valence-corrected chi connectivity index (χ4v) is 2.65. The number of nitrogens with one attached hydrogen (secondary N) is 2. The van der Waals surface area contributed by atoms with Crippen LogP contribution in [0.5, 0.6) is 0 Å². The van der Waals surface area contributed by atoms with Gasteiger partial charge in [0.2, 0.25) is 0 Å². The summed E-state index contributed by atoms with van der Waals surface area (Å²) in [7, 11) is 0. The van der Waals surface area contributed by atoms with Gasteiger partial charge in [-0.05, 0) is 54.1 Å². The number of carbonyl (C=O) groups is 3. The topological polar surface area (TPSA) is 98.3 Å². The molecular weight excluding hydrogens is 380 g/mol. The van der Waals surface area contributed by atoms with Crippen LogP contribution in [0.15, 0.2) is 72.8 Å². The van der Waals surface area contributed by atoms with Gasteiger partial charge in [-0.25, -0.2) is 0 Å². The Morgan fingerprint density at radius 2 is 1.25 bits per heavy atom. The molecule has 0 heterocycles. The summed E-state index contributed by atoms with van der Waals surface area (Å²) in [4.78, 5) is 35.5. The molecule has 0 aliphatic rings. The van der Waals surface area contributed by atoms with Crippen LogP contribution in [-0.4, -0.2) is 17.8 Å². The number of hydrogen-bond donors (Lipinski definition) is 2. The minimum absolute atomic E-state index is 0.0173. The lowest BCUT2D eigenvalue weighted by Gasteiger charge is -2.09. The summed E-state index contributed by atoms with van der Waals surface area (Å²) in [6.45, 7) is 0. The van der Waals surface area contributed by atoms with E-state index in [0.717, 1.165) is 0 Å². The second kappa shape index (κ2) is 8.37. The highest BCUT2D eigenvalue weighted by Gasteiger charge is 2.10. The minimum atomic E-state index is -1.29. The van der Waals surface area contributed by atoms with E-state index in [-0.39, 0.29) is 11.5 Å². The van der Waals surface area contributed by atoms with Crippen LogP contribution in [0.1, 0.15) is 31.1 Å². The molecule has 0 spiro atoms. The second-order valence-corrected chi connectivity index (χ2v) is 6.30. The first-order valence-corrected chi connectivity index (χ1v) is 8.60. The molecular formula is C21H14ClN2O4-. The smallest absolute Gasteiger partial charge is 0.255 e. The highest BCUT2D eigenvalue weighted by molar-refractivity contribution is 6.31. The summed E-state index contributed by atoms with van der Waals surface area (Å²) in [6.07, 6.45) is 0. The lowest BCUT2D eigenvalue weighted by Crippen LogP contribution is -2.22. The van der Waals surface area contributed by atoms with E-state index in [4.69, 9.17) is 11.6 Å². The molecule has 0 atom stereocenters. The summed E-state index contributed by atoms with van der Waals surface area (Å²) in [6, 6.07) is 18.6. The maximum absolute atomic E-state index is 12.4. The molecule has 0 saturated heterocycles. The highest BCUT2D eigenvalue weighted by Crippen LogP contribution is 2.17. The molecule has 6 nitrogen and oxygen atoms in total. The van der Waals surface area contributed by atoms with Crippen molar-refractivity contribution < 1.29 is 19.5 Å². The molecule has 140 valence electrons.